The highest BCUT2D eigenvalue weighted by molar-refractivity contribution is 5.31. The predicted octanol–water partition coefficient (Wildman–Crippen LogP) is 5.00. The molecule has 2 saturated carbocycles. The average molecular weight is 258 g/mol. The smallest absolute Gasteiger partial charge is 0.0925 e. The Morgan fingerprint density at radius 3 is 2.95 bits per heavy atom. The number of aliphatic hydroxyl groups excluding tert-OH is 1. The Bertz CT molecular complexity index is 447. The third kappa shape index (κ3) is 1.73. The molecule has 0 aromatic carbocycles. The first-order chi connectivity index (χ1) is 9.17. The lowest BCUT2D eigenvalue weighted by Crippen LogP contribution is -2.43. The Labute approximate surface area is 116 Å². The van der Waals surface area contributed by atoms with Crippen LogP contribution in [0.3, 0.4) is 0 Å². The van der Waals surface area contributed by atoms with E-state index in [0.717, 1.165) is 30.1 Å². The molecule has 0 heterocycles. The number of rotatable bonds is 0. The quantitative estimate of drug-likeness (QED) is 0.648. The molecule has 4 rings (SSSR count). The molecule has 0 amide bonds. The van der Waals surface area contributed by atoms with Crippen molar-refractivity contribution in [3.8, 4) is 0 Å². The molecule has 0 aromatic heterocycles. The molecule has 5 atom stereocenters. The van der Waals surface area contributed by atoms with Gasteiger partial charge < -0.3 is 5.11 Å². The van der Waals surface area contributed by atoms with Crippen molar-refractivity contribution in [2.24, 2.45) is 29.1 Å². The fraction of sp³-hybridized carbons (Fsp3) is 0.778. The van der Waals surface area contributed by atoms with Gasteiger partial charge in [0.25, 0.3) is 0 Å². The zero-order valence-corrected chi connectivity index (χ0v) is 12.1. The summed E-state index contributed by atoms with van der Waals surface area (Å²) in [6.45, 7) is 2.56. The van der Waals surface area contributed by atoms with Crippen molar-refractivity contribution in [2.75, 3.05) is 0 Å². The van der Waals surface area contributed by atoms with Gasteiger partial charge in [0.05, 0.1) is 5.76 Å². The Hall–Kier alpha value is -0.720. The Morgan fingerprint density at radius 1 is 1.16 bits per heavy atom. The van der Waals surface area contributed by atoms with E-state index in [-0.39, 0.29) is 0 Å². The van der Waals surface area contributed by atoms with Gasteiger partial charge in [-0.25, -0.2) is 0 Å². The van der Waals surface area contributed by atoms with Gasteiger partial charge in [-0.05, 0) is 79.3 Å². The zero-order chi connectivity index (χ0) is 13.0. The molecule has 0 spiro atoms. The van der Waals surface area contributed by atoms with E-state index in [1.54, 1.807) is 0 Å². The van der Waals surface area contributed by atoms with Crippen molar-refractivity contribution in [2.45, 2.75) is 58.3 Å². The molecule has 0 bridgehead atoms. The second-order valence-corrected chi connectivity index (χ2v) is 7.74. The van der Waals surface area contributed by atoms with Gasteiger partial charge in [0.2, 0.25) is 0 Å². The van der Waals surface area contributed by atoms with E-state index in [0.29, 0.717) is 11.2 Å². The van der Waals surface area contributed by atoms with Crippen molar-refractivity contribution in [1.82, 2.24) is 0 Å². The van der Waals surface area contributed by atoms with Gasteiger partial charge in [0.15, 0.2) is 0 Å². The van der Waals surface area contributed by atoms with Crippen LogP contribution in [0, 0.1) is 29.1 Å². The van der Waals surface area contributed by atoms with Gasteiger partial charge in [-0.15, -0.1) is 0 Å². The highest BCUT2D eigenvalue weighted by atomic mass is 16.3. The van der Waals surface area contributed by atoms with Crippen LogP contribution >= 0.6 is 0 Å². The number of aliphatic hydroxyl groups is 1. The van der Waals surface area contributed by atoms with E-state index >= 15 is 0 Å². The molecule has 19 heavy (non-hydrogen) atoms. The van der Waals surface area contributed by atoms with Crippen LogP contribution in [-0.4, -0.2) is 5.11 Å². The van der Waals surface area contributed by atoms with Crippen molar-refractivity contribution in [3.63, 3.8) is 0 Å². The number of fused-ring (bicyclic) bond motifs is 5. The molecule has 0 aromatic rings. The average Bonchev–Trinajstić information content (AvgIpc) is 2.79. The minimum atomic E-state index is 0.613. The van der Waals surface area contributed by atoms with E-state index in [1.165, 1.54) is 50.5 Å². The van der Waals surface area contributed by atoms with Gasteiger partial charge in [0.1, 0.15) is 0 Å². The van der Waals surface area contributed by atoms with Gasteiger partial charge in [-0.1, -0.05) is 19.4 Å². The topological polar surface area (TPSA) is 20.2 Å². The molecule has 0 aliphatic heterocycles. The summed E-state index contributed by atoms with van der Waals surface area (Å²) >= 11 is 0. The molecule has 2 fully saturated rings. The second kappa shape index (κ2) is 4.14. The normalized spacial score (nSPS) is 48.7. The monoisotopic (exact) mass is 258 g/mol. The van der Waals surface area contributed by atoms with Crippen LogP contribution in [0.5, 0.6) is 0 Å². The van der Waals surface area contributed by atoms with Gasteiger partial charge in [-0.2, -0.15) is 0 Å². The Kier molecular flexibility index (Phi) is 2.62. The van der Waals surface area contributed by atoms with E-state index in [2.05, 4.69) is 19.1 Å². The summed E-state index contributed by atoms with van der Waals surface area (Å²) in [5, 5.41) is 9.76. The molecule has 4 aliphatic carbocycles. The Balaban J connectivity index is 1.66. The lowest BCUT2D eigenvalue weighted by Gasteiger charge is -2.51. The first-order valence-electron chi connectivity index (χ1n) is 8.27. The maximum absolute atomic E-state index is 9.76. The van der Waals surface area contributed by atoms with Gasteiger partial charge >= 0.3 is 0 Å². The molecule has 0 radical (unpaired) electrons. The first-order valence-corrected chi connectivity index (χ1v) is 8.27. The van der Waals surface area contributed by atoms with Crippen LogP contribution in [0.2, 0.25) is 0 Å². The van der Waals surface area contributed by atoms with E-state index < -0.39 is 0 Å². The van der Waals surface area contributed by atoms with E-state index in [1.807, 2.05) is 0 Å². The summed E-state index contributed by atoms with van der Waals surface area (Å²) in [6, 6.07) is 0. The first kappa shape index (κ1) is 12.1. The SMILES string of the molecule is C[C@@]12CCC[C@H]1[C@@H]1CC=C3C=C(O)CC[C@@H]3[C@H]1CC2. The standard InChI is InChI=1S/C18H26O/c1-18-9-2-3-17(18)16-6-4-12-11-13(19)5-7-14(12)15(16)8-10-18/h4,11,14-17,19H,2-3,5-10H2,1H3/t14-,15+,16+,17-,18-/m0/s1. The molecule has 1 heteroatoms. The lowest BCUT2D eigenvalue weighted by molar-refractivity contribution is 0.0132. The third-order valence-corrected chi connectivity index (χ3v) is 6.89. The second-order valence-electron chi connectivity index (χ2n) is 7.74. The van der Waals surface area contributed by atoms with Gasteiger partial charge in [0, 0.05) is 6.42 Å². The van der Waals surface area contributed by atoms with Crippen LogP contribution < -0.4 is 0 Å². The number of hydrogen-bond acceptors (Lipinski definition) is 1. The minimum Gasteiger partial charge on any atom is -0.512 e. The maximum atomic E-state index is 9.76. The molecule has 1 nitrogen and oxygen atoms in total. The summed E-state index contributed by atoms with van der Waals surface area (Å²) in [5.74, 6) is 4.23. The lowest BCUT2D eigenvalue weighted by atomic mass is 9.53. The van der Waals surface area contributed by atoms with Crippen molar-refractivity contribution in [3.05, 3.63) is 23.5 Å². The van der Waals surface area contributed by atoms with Crippen LogP contribution in [0.15, 0.2) is 23.5 Å². The van der Waals surface area contributed by atoms with Crippen LogP contribution in [0.25, 0.3) is 0 Å². The molecular formula is C18H26O. The summed E-state index contributed by atoms with van der Waals surface area (Å²) in [6.07, 6.45) is 15.2. The highest BCUT2D eigenvalue weighted by Crippen LogP contribution is 2.60. The van der Waals surface area contributed by atoms with Crippen molar-refractivity contribution < 1.29 is 5.11 Å². The molecule has 4 aliphatic rings. The van der Waals surface area contributed by atoms with Crippen molar-refractivity contribution in [1.29, 1.82) is 0 Å². The molecule has 104 valence electrons. The van der Waals surface area contributed by atoms with Crippen LogP contribution in [0.4, 0.5) is 0 Å². The predicted molar refractivity (Wildman–Crippen MR) is 77.8 cm³/mol. The fourth-order valence-electron chi connectivity index (χ4n) is 5.93. The largest absolute Gasteiger partial charge is 0.512 e. The Morgan fingerprint density at radius 2 is 2.05 bits per heavy atom. The molecule has 0 saturated heterocycles. The van der Waals surface area contributed by atoms with Crippen LogP contribution in [-0.2, 0) is 0 Å². The summed E-state index contributed by atoms with van der Waals surface area (Å²) in [4.78, 5) is 0. The summed E-state index contributed by atoms with van der Waals surface area (Å²) in [5.41, 5.74) is 2.13. The summed E-state index contributed by atoms with van der Waals surface area (Å²) in [7, 11) is 0. The highest BCUT2D eigenvalue weighted by Gasteiger charge is 2.51. The molecule has 1 N–H and O–H groups in total. The zero-order valence-electron chi connectivity index (χ0n) is 12.1. The number of allylic oxidation sites excluding steroid dienone is 4. The maximum Gasteiger partial charge on any atom is 0.0925 e. The minimum absolute atomic E-state index is 0.613. The number of hydrogen-bond donors (Lipinski definition) is 1. The van der Waals surface area contributed by atoms with E-state index in [4.69, 9.17) is 0 Å². The van der Waals surface area contributed by atoms with Crippen LogP contribution in [0.1, 0.15) is 58.3 Å². The van der Waals surface area contributed by atoms with Crippen molar-refractivity contribution >= 4 is 0 Å². The fourth-order valence-corrected chi connectivity index (χ4v) is 5.93. The molecular weight excluding hydrogens is 232 g/mol. The third-order valence-electron chi connectivity index (χ3n) is 6.89. The van der Waals surface area contributed by atoms with Gasteiger partial charge in [-0.3, -0.25) is 0 Å². The van der Waals surface area contributed by atoms with E-state index in [9.17, 15) is 5.11 Å². The summed E-state index contributed by atoms with van der Waals surface area (Å²) < 4.78 is 0. The molecule has 0 unspecified atom stereocenters.